The van der Waals surface area contributed by atoms with E-state index in [1.165, 1.54) is 5.69 Å². The average Bonchev–Trinajstić information content (AvgIpc) is 3.35. The fourth-order valence-corrected chi connectivity index (χ4v) is 4.18. The molecule has 3 aromatic carbocycles. The summed E-state index contributed by atoms with van der Waals surface area (Å²) < 4.78 is 7.08. The average molecular weight is 439 g/mol. The molecule has 1 aliphatic rings. The third-order valence-corrected chi connectivity index (χ3v) is 6.02. The van der Waals surface area contributed by atoms with Crippen molar-refractivity contribution in [3.8, 4) is 22.7 Å². The van der Waals surface area contributed by atoms with Crippen molar-refractivity contribution in [2.24, 2.45) is 0 Å². The van der Waals surface area contributed by atoms with Crippen molar-refractivity contribution in [2.45, 2.75) is 0 Å². The number of carbonyl (C=O) groups excluding carboxylic acids is 1. The molecule has 1 aliphatic heterocycles. The van der Waals surface area contributed by atoms with Gasteiger partial charge in [0.05, 0.1) is 18.4 Å². The summed E-state index contributed by atoms with van der Waals surface area (Å²) in [4.78, 5) is 17.9. The number of carbonyl (C=O) groups is 1. The summed E-state index contributed by atoms with van der Waals surface area (Å²) in [6.07, 6.45) is 1.85. The number of benzene rings is 3. The first-order valence-electron chi connectivity index (χ1n) is 11.1. The third-order valence-electron chi connectivity index (χ3n) is 6.02. The highest BCUT2D eigenvalue weighted by atomic mass is 16.5. The normalized spacial score (nSPS) is 13.7. The number of hydrogen-bond acceptors (Lipinski definition) is 4. The van der Waals surface area contributed by atoms with E-state index in [0.29, 0.717) is 24.3 Å². The van der Waals surface area contributed by atoms with Crippen molar-refractivity contribution in [3.63, 3.8) is 0 Å². The largest absolute Gasteiger partial charge is 0.497 e. The molecule has 0 spiro atoms. The van der Waals surface area contributed by atoms with E-state index in [1.807, 2.05) is 83.9 Å². The molecule has 166 valence electrons. The molecule has 1 fully saturated rings. The van der Waals surface area contributed by atoms with Gasteiger partial charge in [-0.25, -0.2) is 4.68 Å². The second-order valence-corrected chi connectivity index (χ2v) is 8.01. The summed E-state index contributed by atoms with van der Waals surface area (Å²) in [5.41, 5.74) is 4.28. The predicted molar refractivity (Wildman–Crippen MR) is 130 cm³/mol. The second-order valence-electron chi connectivity index (χ2n) is 8.01. The number of aromatic nitrogens is 2. The summed E-state index contributed by atoms with van der Waals surface area (Å²) in [5.74, 6) is 0.780. The Labute approximate surface area is 193 Å². The van der Waals surface area contributed by atoms with Crippen LogP contribution in [0.1, 0.15) is 10.4 Å². The van der Waals surface area contributed by atoms with E-state index in [0.717, 1.165) is 30.1 Å². The summed E-state index contributed by atoms with van der Waals surface area (Å²) in [5, 5.41) is 4.80. The van der Waals surface area contributed by atoms with Crippen LogP contribution in [0, 0.1) is 0 Å². The van der Waals surface area contributed by atoms with Crippen LogP contribution in [-0.2, 0) is 0 Å². The van der Waals surface area contributed by atoms with Crippen molar-refractivity contribution in [2.75, 3.05) is 38.2 Å². The van der Waals surface area contributed by atoms with Crippen LogP contribution in [0.5, 0.6) is 5.75 Å². The van der Waals surface area contributed by atoms with Gasteiger partial charge in [-0.3, -0.25) is 4.79 Å². The molecule has 6 heteroatoms. The Morgan fingerprint density at radius 2 is 1.39 bits per heavy atom. The maximum Gasteiger partial charge on any atom is 0.257 e. The summed E-state index contributed by atoms with van der Waals surface area (Å²) >= 11 is 0. The standard InChI is InChI=1S/C27H26N4O2/c1-33-24-14-12-21(13-15-24)26-25(20-31(28-26)23-10-6-3-7-11-23)27(32)30-18-16-29(17-19-30)22-8-4-2-5-9-22/h2-15,20H,16-19H2,1H3. The second kappa shape index (κ2) is 9.20. The first kappa shape index (κ1) is 20.8. The molecule has 6 nitrogen and oxygen atoms in total. The molecule has 1 aromatic heterocycles. The monoisotopic (exact) mass is 438 g/mol. The number of amides is 1. The first-order valence-corrected chi connectivity index (χ1v) is 11.1. The van der Waals surface area contributed by atoms with Gasteiger partial charge in [-0.1, -0.05) is 36.4 Å². The maximum atomic E-state index is 13.6. The van der Waals surface area contributed by atoms with Crippen LogP contribution in [0.25, 0.3) is 16.9 Å². The lowest BCUT2D eigenvalue weighted by Crippen LogP contribution is -2.48. The first-order chi connectivity index (χ1) is 16.2. The maximum absolute atomic E-state index is 13.6. The molecule has 1 saturated heterocycles. The van der Waals surface area contributed by atoms with E-state index in [1.54, 1.807) is 11.8 Å². The molecule has 0 saturated carbocycles. The Bertz CT molecular complexity index is 1210. The molecule has 0 atom stereocenters. The van der Waals surface area contributed by atoms with Crippen LogP contribution in [0.3, 0.4) is 0 Å². The Kier molecular flexibility index (Phi) is 5.81. The lowest BCUT2D eigenvalue weighted by molar-refractivity contribution is 0.0747. The van der Waals surface area contributed by atoms with Gasteiger partial charge in [0.15, 0.2) is 0 Å². The van der Waals surface area contributed by atoms with Crippen LogP contribution in [-0.4, -0.2) is 53.9 Å². The molecule has 0 radical (unpaired) electrons. The van der Waals surface area contributed by atoms with Gasteiger partial charge in [0.25, 0.3) is 5.91 Å². The molecular formula is C27H26N4O2. The number of methoxy groups -OCH3 is 1. The smallest absolute Gasteiger partial charge is 0.257 e. The molecule has 5 rings (SSSR count). The van der Waals surface area contributed by atoms with Crippen molar-refractivity contribution < 1.29 is 9.53 Å². The van der Waals surface area contributed by atoms with E-state index in [4.69, 9.17) is 9.84 Å². The van der Waals surface area contributed by atoms with Crippen LogP contribution in [0.2, 0.25) is 0 Å². The molecule has 0 unspecified atom stereocenters. The van der Waals surface area contributed by atoms with Crippen LogP contribution >= 0.6 is 0 Å². The molecular weight excluding hydrogens is 412 g/mol. The Morgan fingerprint density at radius 1 is 0.788 bits per heavy atom. The van der Waals surface area contributed by atoms with Gasteiger partial charge in [-0.2, -0.15) is 5.10 Å². The molecule has 0 bridgehead atoms. The summed E-state index contributed by atoms with van der Waals surface area (Å²) in [6.45, 7) is 2.96. The lowest BCUT2D eigenvalue weighted by Gasteiger charge is -2.36. The summed E-state index contributed by atoms with van der Waals surface area (Å²) in [6, 6.07) is 27.9. The Balaban J connectivity index is 1.43. The quantitative estimate of drug-likeness (QED) is 0.460. The molecule has 0 aliphatic carbocycles. The van der Waals surface area contributed by atoms with Crippen LogP contribution in [0.4, 0.5) is 5.69 Å². The molecule has 2 heterocycles. The number of rotatable bonds is 5. The Morgan fingerprint density at radius 3 is 2.00 bits per heavy atom. The minimum Gasteiger partial charge on any atom is -0.497 e. The molecule has 1 amide bonds. The number of hydrogen-bond donors (Lipinski definition) is 0. The third kappa shape index (κ3) is 4.32. The number of piperazine rings is 1. The van der Waals surface area contributed by atoms with E-state index in [9.17, 15) is 4.79 Å². The number of anilines is 1. The van der Waals surface area contributed by atoms with E-state index >= 15 is 0 Å². The molecule has 0 N–H and O–H groups in total. The van der Waals surface area contributed by atoms with Gasteiger partial charge >= 0.3 is 0 Å². The number of ether oxygens (including phenoxy) is 1. The molecule has 33 heavy (non-hydrogen) atoms. The van der Waals surface area contributed by atoms with Gasteiger partial charge in [0.2, 0.25) is 0 Å². The van der Waals surface area contributed by atoms with E-state index < -0.39 is 0 Å². The zero-order valence-electron chi connectivity index (χ0n) is 18.6. The van der Waals surface area contributed by atoms with Gasteiger partial charge in [0.1, 0.15) is 11.4 Å². The lowest BCUT2D eigenvalue weighted by atomic mass is 10.1. The van der Waals surface area contributed by atoms with Gasteiger partial charge in [-0.05, 0) is 48.5 Å². The SMILES string of the molecule is COc1ccc(-c2nn(-c3ccccc3)cc2C(=O)N2CCN(c3ccccc3)CC2)cc1. The van der Waals surface area contributed by atoms with Crippen molar-refractivity contribution >= 4 is 11.6 Å². The minimum absolute atomic E-state index is 0.00992. The number of para-hydroxylation sites is 2. The Hall–Kier alpha value is -4.06. The van der Waals surface area contributed by atoms with E-state index in [2.05, 4.69) is 17.0 Å². The fourth-order valence-electron chi connectivity index (χ4n) is 4.18. The van der Waals surface area contributed by atoms with Crippen LogP contribution < -0.4 is 9.64 Å². The molecule has 4 aromatic rings. The van der Waals surface area contributed by atoms with Gasteiger partial charge in [-0.15, -0.1) is 0 Å². The van der Waals surface area contributed by atoms with Crippen molar-refractivity contribution in [3.05, 3.63) is 96.7 Å². The van der Waals surface area contributed by atoms with Crippen molar-refractivity contribution in [1.29, 1.82) is 0 Å². The zero-order chi connectivity index (χ0) is 22.6. The number of nitrogens with zero attached hydrogens (tertiary/aromatic N) is 4. The predicted octanol–water partition coefficient (Wildman–Crippen LogP) is 4.51. The van der Waals surface area contributed by atoms with Crippen LogP contribution in [0.15, 0.2) is 91.1 Å². The van der Waals surface area contributed by atoms with Crippen molar-refractivity contribution in [1.82, 2.24) is 14.7 Å². The highest BCUT2D eigenvalue weighted by Gasteiger charge is 2.26. The highest BCUT2D eigenvalue weighted by molar-refractivity contribution is 6.00. The topological polar surface area (TPSA) is 50.6 Å². The van der Waals surface area contributed by atoms with Gasteiger partial charge < -0.3 is 14.5 Å². The minimum atomic E-state index is 0.00992. The van der Waals surface area contributed by atoms with Gasteiger partial charge in [0, 0.05) is 43.6 Å². The van der Waals surface area contributed by atoms with E-state index in [-0.39, 0.29) is 5.91 Å². The highest BCUT2D eigenvalue weighted by Crippen LogP contribution is 2.27. The summed E-state index contributed by atoms with van der Waals surface area (Å²) in [7, 11) is 1.64. The zero-order valence-corrected chi connectivity index (χ0v) is 18.6. The fraction of sp³-hybridized carbons (Fsp3) is 0.185.